The van der Waals surface area contributed by atoms with Gasteiger partial charge in [-0.25, -0.2) is 0 Å². The highest BCUT2D eigenvalue weighted by Gasteiger charge is 2.40. The van der Waals surface area contributed by atoms with E-state index in [4.69, 9.17) is 9.47 Å². The van der Waals surface area contributed by atoms with Crippen LogP contribution < -0.4 is 9.47 Å². The van der Waals surface area contributed by atoms with Crippen LogP contribution in [-0.4, -0.2) is 54.6 Å². The van der Waals surface area contributed by atoms with Crippen molar-refractivity contribution in [3.05, 3.63) is 23.8 Å². The largest absolute Gasteiger partial charge is 0.493 e. The average molecular weight is 281 g/mol. The molecule has 1 heterocycles. The Morgan fingerprint density at radius 3 is 2.50 bits per heavy atom. The van der Waals surface area contributed by atoms with E-state index in [1.54, 1.807) is 21.1 Å². The van der Waals surface area contributed by atoms with Crippen LogP contribution in [0.3, 0.4) is 0 Å². The molecule has 2 rings (SSSR count). The first-order chi connectivity index (χ1) is 9.39. The number of β-amino-alcohol motifs (C(OH)–C–C–N with tert-alkyl or cyclic N) is 1. The Morgan fingerprint density at radius 1 is 1.25 bits per heavy atom. The number of hydrogen-bond acceptors (Lipinski definition) is 5. The molecule has 0 spiro atoms. The topological polar surface area (TPSA) is 62.2 Å². The number of benzene rings is 1. The lowest BCUT2D eigenvalue weighted by molar-refractivity contribution is -0.121. The fraction of sp³-hybridized carbons (Fsp3) is 0.600. The Bertz CT molecular complexity index is 475. The molecule has 0 unspecified atom stereocenters. The zero-order valence-corrected chi connectivity index (χ0v) is 12.5. The molecule has 0 aromatic heterocycles. The number of piperidine rings is 1. The van der Waals surface area contributed by atoms with Gasteiger partial charge in [0.1, 0.15) is 5.60 Å². The molecule has 5 nitrogen and oxygen atoms in total. The maximum atomic E-state index is 10.1. The molecule has 112 valence electrons. The van der Waals surface area contributed by atoms with Crippen LogP contribution in [-0.2, 0) is 0 Å². The summed E-state index contributed by atoms with van der Waals surface area (Å²) in [5, 5.41) is 20.2. The van der Waals surface area contributed by atoms with Gasteiger partial charge in [-0.15, -0.1) is 0 Å². The standard InChI is InChI=1S/C15H23NO4/c1-15(18)9-16(2)11(8-14(15)17)10-5-6-12(19-3)13(7-10)20-4/h5-7,11,14,17-18H,8-9H2,1-4H3/t11-,14+,15+/m0/s1. The van der Waals surface area contributed by atoms with E-state index in [0.717, 1.165) is 5.56 Å². The fourth-order valence-electron chi connectivity index (χ4n) is 2.82. The molecule has 1 aliphatic rings. The fourth-order valence-corrected chi connectivity index (χ4v) is 2.82. The molecular weight excluding hydrogens is 258 g/mol. The van der Waals surface area contributed by atoms with Gasteiger partial charge in [-0.3, -0.25) is 4.90 Å². The van der Waals surface area contributed by atoms with Crippen LogP contribution >= 0.6 is 0 Å². The molecular formula is C15H23NO4. The number of aliphatic hydroxyl groups is 2. The number of hydrogen-bond donors (Lipinski definition) is 2. The van der Waals surface area contributed by atoms with Crippen LogP contribution in [0.2, 0.25) is 0 Å². The third-order valence-corrected chi connectivity index (χ3v) is 4.06. The number of methoxy groups -OCH3 is 2. The smallest absolute Gasteiger partial charge is 0.161 e. The second-order valence-electron chi connectivity index (χ2n) is 5.65. The molecule has 0 bridgehead atoms. The number of rotatable bonds is 3. The van der Waals surface area contributed by atoms with E-state index in [1.165, 1.54) is 0 Å². The van der Waals surface area contributed by atoms with Gasteiger partial charge in [-0.2, -0.15) is 0 Å². The molecule has 5 heteroatoms. The quantitative estimate of drug-likeness (QED) is 0.871. The second-order valence-corrected chi connectivity index (χ2v) is 5.65. The summed E-state index contributed by atoms with van der Waals surface area (Å²) < 4.78 is 10.5. The van der Waals surface area contributed by atoms with Gasteiger partial charge in [0.15, 0.2) is 11.5 Å². The summed E-state index contributed by atoms with van der Waals surface area (Å²) in [4.78, 5) is 2.05. The predicted octanol–water partition coefficient (Wildman–Crippen LogP) is 1.19. The van der Waals surface area contributed by atoms with E-state index in [1.807, 2.05) is 30.1 Å². The lowest BCUT2D eigenvalue weighted by Gasteiger charge is -2.44. The molecule has 20 heavy (non-hydrogen) atoms. The minimum atomic E-state index is -1.07. The van der Waals surface area contributed by atoms with Crippen molar-refractivity contribution in [1.29, 1.82) is 0 Å². The van der Waals surface area contributed by atoms with Crippen LogP contribution in [0, 0.1) is 0 Å². The Labute approximate surface area is 119 Å². The molecule has 0 aliphatic carbocycles. The molecule has 0 amide bonds. The molecule has 1 aromatic rings. The van der Waals surface area contributed by atoms with Crippen LogP contribution in [0.4, 0.5) is 0 Å². The third-order valence-electron chi connectivity index (χ3n) is 4.06. The molecule has 2 N–H and O–H groups in total. The van der Waals surface area contributed by atoms with Gasteiger partial charge < -0.3 is 19.7 Å². The first kappa shape index (κ1) is 15.1. The maximum absolute atomic E-state index is 10.1. The van der Waals surface area contributed by atoms with E-state index < -0.39 is 11.7 Å². The van der Waals surface area contributed by atoms with Gasteiger partial charge >= 0.3 is 0 Å². The van der Waals surface area contributed by atoms with Gasteiger partial charge in [-0.05, 0) is 38.1 Å². The Hall–Kier alpha value is -1.30. The summed E-state index contributed by atoms with van der Waals surface area (Å²) in [5.74, 6) is 1.35. The van der Waals surface area contributed by atoms with Crippen molar-refractivity contribution >= 4 is 0 Å². The monoisotopic (exact) mass is 281 g/mol. The van der Waals surface area contributed by atoms with Crippen molar-refractivity contribution in [3.8, 4) is 11.5 Å². The lowest BCUT2D eigenvalue weighted by atomic mass is 9.85. The van der Waals surface area contributed by atoms with Crippen LogP contribution in [0.15, 0.2) is 18.2 Å². The van der Waals surface area contributed by atoms with Gasteiger partial charge in [0.25, 0.3) is 0 Å². The maximum Gasteiger partial charge on any atom is 0.161 e. The van der Waals surface area contributed by atoms with E-state index >= 15 is 0 Å². The van der Waals surface area contributed by atoms with Crippen LogP contribution in [0.1, 0.15) is 24.9 Å². The van der Waals surface area contributed by atoms with Crippen LogP contribution in [0.25, 0.3) is 0 Å². The Balaban J connectivity index is 2.28. The first-order valence-electron chi connectivity index (χ1n) is 6.71. The van der Waals surface area contributed by atoms with Crippen molar-refractivity contribution in [2.75, 3.05) is 27.8 Å². The molecule has 0 saturated carbocycles. The summed E-state index contributed by atoms with van der Waals surface area (Å²) in [6, 6.07) is 5.80. The predicted molar refractivity (Wildman–Crippen MR) is 76.2 cm³/mol. The van der Waals surface area contributed by atoms with Crippen molar-refractivity contribution in [1.82, 2.24) is 4.90 Å². The Kier molecular flexibility index (Phi) is 4.22. The summed E-state index contributed by atoms with van der Waals surface area (Å²) in [6.45, 7) is 2.09. The summed E-state index contributed by atoms with van der Waals surface area (Å²) >= 11 is 0. The third kappa shape index (κ3) is 2.75. The summed E-state index contributed by atoms with van der Waals surface area (Å²) in [6.07, 6.45) is -0.254. The molecule has 1 fully saturated rings. The highest BCUT2D eigenvalue weighted by molar-refractivity contribution is 5.44. The number of likely N-dealkylation sites (N-methyl/N-ethyl adjacent to an activating group) is 1. The van der Waals surface area contributed by atoms with E-state index in [-0.39, 0.29) is 6.04 Å². The highest BCUT2D eigenvalue weighted by atomic mass is 16.5. The van der Waals surface area contributed by atoms with Gasteiger partial charge in [-0.1, -0.05) is 6.07 Å². The zero-order valence-electron chi connectivity index (χ0n) is 12.5. The van der Waals surface area contributed by atoms with Crippen LogP contribution in [0.5, 0.6) is 11.5 Å². The minimum Gasteiger partial charge on any atom is -0.493 e. The van der Waals surface area contributed by atoms with Crippen molar-refractivity contribution < 1.29 is 19.7 Å². The minimum absolute atomic E-state index is 0.0463. The van der Waals surface area contributed by atoms with Crippen molar-refractivity contribution in [2.45, 2.75) is 31.1 Å². The van der Waals surface area contributed by atoms with Gasteiger partial charge in [0, 0.05) is 12.6 Å². The highest BCUT2D eigenvalue weighted by Crippen LogP contribution is 2.37. The van der Waals surface area contributed by atoms with Crippen molar-refractivity contribution in [2.24, 2.45) is 0 Å². The average Bonchev–Trinajstić information content (AvgIpc) is 2.41. The zero-order chi connectivity index (χ0) is 14.9. The molecule has 1 saturated heterocycles. The summed E-state index contributed by atoms with van der Waals surface area (Å²) in [5.41, 5.74) is -0.0263. The summed E-state index contributed by atoms with van der Waals surface area (Å²) in [7, 11) is 5.15. The Morgan fingerprint density at radius 2 is 1.90 bits per heavy atom. The molecule has 0 radical (unpaired) electrons. The second kappa shape index (κ2) is 5.60. The van der Waals surface area contributed by atoms with E-state index in [0.29, 0.717) is 24.5 Å². The molecule has 1 aromatic carbocycles. The molecule has 1 aliphatic heterocycles. The first-order valence-corrected chi connectivity index (χ1v) is 6.71. The van der Waals surface area contributed by atoms with Gasteiger partial charge in [0.05, 0.1) is 20.3 Å². The number of likely N-dealkylation sites (tertiary alicyclic amines) is 1. The van der Waals surface area contributed by atoms with E-state index in [9.17, 15) is 10.2 Å². The SMILES string of the molecule is COc1ccc([C@@H]2C[C@@H](O)[C@](C)(O)CN2C)cc1OC. The van der Waals surface area contributed by atoms with Gasteiger partial charge in [0.2, 0.25) is 0 Å². The molecule has 3 atom stereocenters. The number of ether oxygens (including phenoxy) is 2. The van der Waals surface area contributed by atoms with Crippen molar-refractivity contribution in [3.63, 3.8) is 0 Å². The van der Waals surface area contributed by atoms with E-state index in [2.05, 4.69) is 0 Å². The lowest BCUT2D eigenvalue weighted by Crippen LogP contribution is -2.54. The normalized spacial score (nSPS) is 31.1. The number of aliphatic hydroxyl groups excluding tert-OH is 1. The number of nitrogens with zero attached hydrogens (tertiary/aromatic N) is 1.